The van der Waals surface area contributed by atoms with E-state index in [1.807, 2.05) is 12.1 Å². The molecule has 3 amide bonds. The van der Waals surface area contributed by atoms with Crippen molar-refractivity contribution in [3.8, 4) is 0 Å². The molecule has 2 saturated heterocycles. The maximum Gasteiger partial charge on any atom is 0.414 e. The summed E-state index contributed by atoms with van der Waals surface area (Å²) in [6.45, 7) is 7.25. The summed E-state index contributed by atoms with van der Waals surface area (Å²) in [6.07, 6.45) is 2.77. The molecule has 0 aliphatic carbocycles. The van der Waals surface area contributed by atoms with Gasteiger partial charge in [0, 0.05) is 33.2 Å². The van der Waals surface area contributed by atoms with Crippen LogP contribution in [0.2, 0.25) is 0 Å². The molecule has 1 aromatic rings. The van der Waals surface area contributed by atoms with Crippen LogP contribution in [0.15, 0.2) is 18.3 Å². The smallest absolute Gasteiger partial charge is 0.414 e. The van der Waals surface area contributed by atoms with Crippen LogP contribution in [-0.2, 0) is 19.1 Å². The molecule has 3 rings (SSSR count). The van der Waals surface area contributed by atoms with E-state index in [0.29, 0.717) is 45.0 Å². The van der Waals surface area contributed by atoms with Gasteiger partial charge in [-0.05, 0) is 18.6 Å². The molecule has 3 heterocycles. The Bertz CT molecular complexity index is 789. The molecule has 176 valence electrons. The lowest BCUT2D eigenvalue weighted by Crippen LogP contribution is -2.45. The molecule has 2 aliphatic heterocycles. The van der Waals surface area contributed by atoms with E-state index in [1.165, 1.54) is 11.8 Å². The third kappa shape index (κ3) is 6.54. The monoisotopic (exact) mass is 448 g/mol. The quantitative estimate of drug-likeness (QED) is 0.525. The highest BCUT2D eigenvalue weighted by Crippen LogP contribution is 2.23. The third-order valence-corrected chi connectivity index (χ3v) is 5.27. The second-order valence-corrected chi connectivity index (χ2v) is 7.77. The van der Waals surface area contributed by atoms with E-state index in [2.05, 4.69) is 27.6 Å². The van der Waals surface area contributed by atoms with Crippen molar-refractivity contribution in [3.63, 3.8) is 0 Å². The third-order valence-electron chi connectivity index (χ3n) is 5.27. The highest BCUT2D eigenvalue weighted by molar-refractivity contribution is 5.89. The molecule has 0 aromatic carbocycles. The number of anilines is 2. The predicted octanol–water partition coefficient (Wildman–Crippen LogP) is 0.513. The minimum Gasteiger partial charge on any atom is -0.442 e. The maximum atomic E-state index is 12.3. The van der Waals surface area contributed by atoms with Gasteiger partial charge in [0.1, 0.15) is 18.5 Å². The number of cyclic esters (lactones) is 1. The second kappa shape index (κ2) is 11.6. The standard InChI is InChI=1S/C21H32N6O5/c1-3-4-11-31-15-20(29)27-10-9-25(8-7-24-27)19-6-5-17(12-23-19)26-14-18(32-21(26)30)13-22-16(2)28/h5-6,12,18,24H,3-4,7-11,13-15H2,1-2H3,(H,22,28)/t18-/m0/s1. The topological polar surface area (TPSA) is 116 Å². The summed E-state index contributed by atoms with van der Waals surface area (Å²) < 4.78 is 10.7. The summed E-state index contributed by atoms with van der Waals surface area (Å²) in [7, 11) is 0. The van der Waals surface area contributed by atoms with Crippen LogP contribution in [0.3, 0.4) is 0 Å². The second-order valence-electron chi connectivity index (χ2n) is 7.77. The van der Waals surface area contributed by atoms with Crippen molar-refractivity contribution in [2.24, 2.45) is 0 Å². The summed E-state index contributed by atoms with van der Waals surface area (Å²) in [5.74, 6) is 0.528. The zero-order valence-corrected chi connectivity index (χ0v) is 18.7. The average molecular weight is 449 g/mol. The predicted molar refractivity (Wildman–Crippen MR) is 118 cm³/mol. The van der Waals surface area contributed by atoms with Crippen molar-refractivity contribution in [1.82, 2.24) is 20.7 Å². The Morgan fingerprint density at radius 1 is 1.31 bits per heavy atom. The number of carbonyl (C=O) groups excluding carboxylic acids is 3. The van der Waals surface area contributed by atoms with Crippen molar-refractivity contribution in [2.45, 2.75) is 32.8 Å². The van der Waals surface area contributed by atoms with Crippen LogP contribution < -0.4 is 20.5 Å². The van der Waals surface area contributed by atoms with Gasteiger partial charge in [0.25, 0.3) is 5.91 Å². The van der Waals surface area contributed by atoms with Crippen molar-refractivity contribution < 1.29 is 23.9 Å². The summed E-state index contributed by atoms with van der Waals surface area (Å²) in [5, 5.41) is 4.27. The van der Waals surface area contributed by atoms with E-state index in [4.69, 9.17) is 9.47 Å². The zero-order valence-electron chi connectivity index (χ0n) is 18.7. The minimum atomic E-state index is -0.454. The molecule has 0 radical (unpaired) electrons. The number of hydrogen-bond acceptors (Lipinski definition) is 8. The first kappa shape index (κ1) is 23.7. The minimum absolute atomic E-state index is 0.0763. The van der Waals surface area contributed by atoms with E-state index in [0.717, 1.165) is 18.7 Å². The molecule has 32 heavy (non-hydrogen) atoms. The molecule has 11 nitrogen and oxygen atoms in total. The number of amides is 3. The van der Waals surface area contributed by atoms with Gasteiger partial charge < -0.3 is 19.7 Å². The summed E-state index contributed by atoms with van der Waals surface area (Å²) >= 11 is 0. The van der Waals surface area contributed by atoms with E-state index >= 15 is 0 Å². The molecule has 2 N–H and O–H groups in total. The lowest BCUT2D eigenvalue weighted by Gasteiger charge is -2.23. The van der Waals surface area contributed by atoms with Crippen molar-refractivity contribution in [2.75, 3.05) is 62.3 Å². The average Bonchev–Trinajstić information content (AvgIpc) is 2.99. The molecule has 2 aliphatic rings. The van der Waals surface area contributed by atoms with Gasteiger partial charge in [-0.2, -0.15) is 0 Å². The van der Waals surface area contributed by atoms with Crippen LogP contribution in [-0.4, -0.2) is 86.5 Å². The van der Waals surface area contributed by atoms with Crippen molar-refractivity contribution in [1.29, 1.82) is 0 Å². The van der Waals surface area contributed by atoms with Crippen LogP contribution in [0.5, 0.6) is 0 Å². The summed E-state index contributed by atoms with van der Waals surface area (Å²) in [4.78, 5) is 43.7. The molecular formula is C21H32N6O5. The van der Waals surface area contributed by atoms with E-state index in [-0.39, 0.29) is 25.0 Å². The first-order valence-electron chi connectivity index (χ1n) is 11.0. The number of hydrogen-bond donors (Lipinski definition) is 2. The molecule has 2 fully saturated rings. The molecule has 0 bridgehead atoms. The molecular weight excluding hydrogens is 416 g/mol. The number of ether oxygens (including phenoxy) is 2. The zero-order chi connectivity index (χ0) is 22.9. The summed E-state index contributed by atoms with van der Waals surface area (Å²) in [5.41, 5.74) is 3.78. The van der Waals surface area contributed by atoms with Gasteiger partial charge in [-0.1, -0.05) is 13.3 Å². The highest BCUT2D eigenvalue weighted by Gasteiger charge is 2.32. The fraction of sp³-hybridized carbons (Fsp3) is 0.619. The van der Waals surface area contributed by atoms with Crippen molar-refractivity contribution >= 4 is 29.4 Å². The van der Waals surface area contributed by atoms with E-state index in [1.54, 1.807) is 11.2 Å². The first-order chi connectivity index (χ1) is 15.5. The number of aromatic nitrogens is 1. The molecule has 0 unspecified atom stereocenters. The number of pyridine rings is 1. The van der Waals surface area contributed by atoms with Crippen LogP contribution >= 0.6 is 0 Å². The fourth-order valence-corrected chi connectivity index (χ4v) is 3.48. The van der Waals surface area contributed by atoms with Gasteiger partial charge in [0.05, 0.1) is 31.5 Å². The van der Waals surface area contributed by atoms with Gasteiger partial charge in [-0.25, -0.2) is 15.2 Å². The molecule has 1 aromatic heterocycles. The number of hydrazine groups is 1. The summed E-state index contributed by atoms with van der Waals surface area (Å²) in [6, 6.07) is 3.68. The van der Waals surface area contributed by atoms with Crippen LogP contribution in [0.25, 0.3) is 0 Å². The normalized spacial score (nSPS) is 19.0. The number of unbranched alkanes of at least 4 members (excludes halogenated alkanes) is 1. The van der Waals surface area contributed by atoms with Gasteiger partial charge in [0.15, 0.2) is 0 Å². The lowest BCUT2D eigenvalue weighted by atomic mass is 10.3. The maximum absolute atomic E-state index is 12.3. The largest absolute Gasteiger partial charge is 0.442 e. The van der Waals surface area contributed by atoms with Gasteiger partial charge >= 0.3 is 6.09 Å². The molecule has 11 heteroatoms. The van der Waals surface area contributed by atoms with Gasteiger partial charge in [-0.3, -0.25) is 19.5 Å². The molecule has 0 saturated carbocycles. The number of rotatable bonds is 9. The molecule has 1 atom stereocenters. The van der Waals surface area contributed by atoms with Crippen LogP contribution in [0, 0.1) is 0 Å². The number of nitrogens with one attached hydrogen (secondary N) is 2. The lowest BCUT2D eigenvalue weighted by molar-refractivity contribution is -0.139. The van der Waals surface area contributed by atoms with E-state index in [9.17, 15) is 14.4 Å². The first-order valence-corrected chi connectivity index (χ1v) is 11.0. The van der Waals surface area contributed by atoms with Gasteiger partial charge in [-0.15, -0.1) is 0 Å². The Morgan fingerprint density at radius 2 is 2.16 bits per heavy atom. The van der Waals surface area contributed by atoms with Crippen LogP contribution in [0.1, 0.15) is 26.7 Å². The van der Waals surface area contributed by atoms with Crippen molar-refractivity contribution in [3.05, 3.63) is 18.3 Å². The highest BCUT2D eigenvalue weighted by atomic mass is 16.6. The van der Waals surface area contributed by atoms with Gasteiger partial charge in [0.2, 0.25) is 5.91 Å². The Hall–Kier alpha value is -2.92. The van der Waals surface area contributed by atoms with Crippen LogP contribution in [0.4, 0.5) is 16.3 Å². The number of nitrogens with zero attached hydrogens (tertiary/aromatic N) is 4. The number of carbonyl (C=O) groups is 3. The Morgan fingerprint density at radius 3 is 2.88 bits per heavy atom. The Labute approximate surface area is 188 Å². The SMILES string of the molecule is CCCCOCC(=O)N1CCN(c2ccc(N3C[C@H](CNC(C)=O)OC3=O)cn2)CCN1. The van der Waals surface area contributed by atoms with E-state index < -0.39 is 12.2 Å². The molecule has 0 spiro atoms. The fourth-order valence-electron chi connectivity index (χ4n) is 3.48. The Kier molecular flexibility index (Phi) is 8.63. The Balaban J connectivity index is 1.51.